The molecule has 0 fully saturated rings. The zero-order valence-corrected chi connectivity index (χ0v) is 10.3. The predicted molar refractivity (Wildman–Crippen MR) is 59.3 cm³/mol. The van der Waals surface area contributed by atoms with Crippen molar-refractivity contribution < 1.29 is 0 Å². The third-order valence-corrected chi connectivity index (χ3v) is 5.79. The molecule has 0 aliphatic carbocycles. The highest BCUT2D eigenvalue weighted by Crippen LogP contribution is 2.08. The van der Waals surface area contributed by atoms with Crippen LogP contribution in [0.15, 0.2) is 0 Å². The average molecular weight is 189 g/mol. The summed E-state index contributed by atoms with van der Waals surface area (Å²) in [6.45, 7) is 13.9. The van der Waals surface area contributed by atoms with Crippen LogP contribution in [0.5, 0.6) is 0 Å². The maximum atomic E-state index is 2.49. The van der Waals surface area contributed by atoms with Crippen molar-refractivity contribution in [3.63, 3.8) is 0 Å². The lowest BCUT2D eigenvalue weighted by Crippen LogP contribution is -2.22. The third kappa shape index (κ3) is 6.73. The van der Waals surface area contributed by atoms with Crippen LogP contribution in [-0.2, 0) is 0 Å². The van der Waals surface area contributed by atoms with Gasteiger partial charge in [0, 0.05) is 13.1 Å². The molecule has 0 aliphatic rings. The third-order valence-electron chi connectivity index (χ3n) is 1.34. The molecule has 3 heteroatoms. The minimum Gasteiger partial charge on any atom is -0.259 e. The van der Waals surface area contributed by atoms with Crippen molar-refractivity contribution in [3.8, 4) is 0 Å². The number of nitrogens with zero attached hydrogens (tertiary/aromatic N) is 1. The van der Waals surface area contributed by atoms with E-state index in [1.54, 1.807) is 0 Å². The van der Waals surface area contributed by atoms with E-state index in [4.69, 9.17) is 0 Å². The molecule has 0 aliphatic heterocycles. The number of rotatable bonds is 4. The molecule has 0 saturated carbocycles. The second kappa shape index (κ2) is 5.07. The van der Waals surface area contributed by atoms with E-state index in [1.807, 2.05) is 0 Å². The number of hydrogen-bond donors (Lipinski definition) is 0. The normalized spacial score (nSPS) is 13.3. The van der Waals surface area contributed by atoms with Crippen LogP contribution in [0.3, 0.4) is 0 Å². The second-order valence-electron chi connectivity index (χ2n) is 3.75. The molecular weight excluding hydrogens is 169 g/mol. The first-order valence-corrected chi connectivity index (χ1v) is 8.79. The molecule has 0 rings (SSSR count). The predicted octanol–water partition coefficient (Wildman–Crippen LogP) is 2.87. The van der Waals surface area contributed by atoms with Gasteiger partial charge in [0.15, 0.2) is 0 Å². The van der Waals surface area contributed by atoms with Gasteiger partial charge in [0.2, 0.25) is 0 Å². The van der Waals surface area contributed by atoms with Gasteiger partial charge < -0.3 is 0 Å². The van der Waals surface area contributed by atoms with Crippen molar-refractivity contribution >= 4 is 21.8 Å². The van der Waals surface area contributed by atoms with Crippen molar-refractivity contribution in [1.82, 2.24) is 4.67 Å². The van der Waals surface area contributed by atoms with Gasteiger partial charge in [-0.05, 0) is 8.35 Å². The Labute approximate surface area is 73.7 Å². The van der Waals surface area contributed by atoms with Crippen molar-refractivity contribution in [2.45, 2.75) is 33.5 Å². The SMILES string of the molecule is CCN(CC)P=C[Si](C)(C)C. The molecule has 0 aromatic carbocycles. The van der Waals surface area contributed by atoms with Crippen LogP contribution in [0.25, 0.3) is 0 Å². The Hall–Kier alpha value is 0.347. The smallest absolute Gasteiger partial charge is 0.0754 e. The molecule has 11 heavy (non-hydrogen) atoms. The van der Waals surface area contributed by atoms with Crippen LogP contribution in [0.1, 0.15) is 13.8 Å². The molecule has 0 heterocycles. The second-order valence-corrected chi connectivity index (χ2v) is 10.3. The average Bonchev–Trinajstić information content (AvgIpc) is 1.88. The molecular formula is C8H20NPSi. The van der Waals surface area contributed by atoms with Crippen LogP contribution in [0.2, 0.25) is 19.6 Å². The van der Waals surface area contributed by atoms with Crippen molar-refractivity contribution in [2.75, 3.05) is 13.1 Å². The fraction of sp³-hybridized carbons (Fsp3) is 0.875. The summed E-state index contributed by atoms with van der Waals surface area (Å²) in [4.78, 5) is 0. The van der Waals surface area contributed by atoms with Gasteiger partial charge in [-0.15, -0.1) is 0 Å². The Bertz CT molecular complexity index is 125. The summed E-state index contributed by atoms with van der Waals surface area (Å²) < 4.78 is 2.43. The zero-order chi connectivity index (χ0) is 8.91. The van der Waals surface area contributed by atoms with Crippen LogP contribution in [0, 0.1) is 0 Å². The van der Waals surface area contributed by atoms with Gasteiger partial charge in [-0.1, -0.05) is 38.9 Å². The highest BCUT2D eigenvalue weighted by atomic mass is 31.1. The summed E-state index contributed by atoms with van der Waals surface area (Å²) in [7, 11) is 0.490. The quantitative estimate of drug-likeness (QED) is 0.485. The lowest BCUT2D eigenvalue weighted by atomic mass is 10.7. The monoisotopic (exact) mass is 189 g/mol. The Balaban J connectivity index is 3.89. The summed E-state index contributed by atoms with van der Waals surface area (Å²) in [5.74, 6) is 0. The lowest BCUT2D eigenvalue weighted by molar-refractivity contribution is 0.522. The molecule has 0 radical (unpaired) electrons. The van der Waals surface area contributed by atoms with E-state index in [0.29, 0.717) is 0 Å². The summed E-state index contributed by atoms with van der Waals surface area (Å²) in [5, 5.41) is 0. The Morgan fingerprint density at radius 3 is 1.91 bits per heavy atom. The van der Waals surface area contributed by atoms with Gasteiger partial charge in [-0.2, -0.15) is 0 Å². The van der Waals surface area contributed by atoms with Crippen molar-refractivity contribution in [3.05, 3.63) is 0 Å². The topological polar surface area (TPSA) is 3.24 Å². The van der Waals surface area contributed by atoms with Gasteiger partial charge in [-0.3, -0.25) is 4.67 Å². The maximum Gasteiger partial charge on any atom is 0.0754 e. The molecule has 0 atom stereocenters. The first kappa shape index (κ1) is 11.3. The minimum atomic E-state index is -0.932. The first-order chi connectivity index (χ1) is 4.99. The molecule has 0 unspecified atom stereocenters. The molecule has 0 N–H and O–H groups in total. The van der Waals surface area contributed by atoms with E-state index in [0.717, 1.165) is 0 Å². The summed E-state index contributed by atoms with van der Waals surface area (Å²) in [6, 6.07) is 0. The molecule has 0 bridgehead atoms. The fourth-order valence-corrected chi connectivity index (χ4v) is 3.01. The standard InChI is InChI=1S/C8H20NPSi/c1-6-9(7-2)10-8-11(3,4)5/h8H,6-7H2,1-5H3. The highest BCUT2D eigenvalue weighted by molar-refractivity contribution is 7.45. The summed E-state index contributed by atoms with van der Waals surface area (Å²) >= 11 is 0. The molecule has 0 aromatic heterocycles. The first-order valence-electron chi connectivity index (χ1n) is 4.29. The Morgan fingerprint density at radius 2 is 1.64 bits per heavy atom. The highest BCUT2D eigenvalue weighted by Gasteiger charge is 2.07. The molecule has 0 amide bonds. The largest absolute Gasteiger partial charge is 0.259 e. The van der Waals surface area contributed by atoms with E-state index in [-0.39, 0.29) is 0 Å². The molecule has 66 valence electrons. The molecule has 1 nitrogen and oxygen atoms in total. The van der Waals surface area contributed by atoms with Crippen LogP contribution < -0.4 is 0 Å². The van der Waals surface area contributed by atoms with Gasteiger partial charge in [0.05, 0.1) is 8.07 Å². The van der Waals surface area contributed by atoms with E-state index < -0.39 is 8.07 Å². The van der Waals surface area contributed by atoms with E-state index in [9.17, 15) is 0 Å². The van der Waals surface area contributed by atoms with E-state index in [2.05, 4.69) is 43.6 Å². The van der Waals surface area contributed by atoms with E-state index >= 15 is 0 Å². The number of hydrogen-bond acceptors (Lipinski definition) is 1. The van der Waals surface area contributed by atoms with Crippen molar-refractivity contribution in [1.29, 1.82) is 0 Å². The van der Waals surface area contributed by atoms with Gasteiger partial charge in [-0.25, -0.2) is 0 Å². The van der Waals surface area contributed by atoms with Crippen LogP contribution >= 0.6 is 8.35 Å². The summed E-state index contributed by atoms with van der Waals surface area (Å²) in [6.07, 6.45) is 0. The van der Waals surface area contributed by atoms with Gasteiger partial charge in [0.25, 0.3) is 0 Å². The fourth-order valence-electron chi connectivity index (χ4n) is 0.642. The van der Waals surface area contributed by atoms with Crippen molar-refractivity contribution in [2.24, 2.45) is 0 Å². The molecule has 0 aromatic rings. The molecule has 0 saturated heterocycles. The van der Waals surface area contributed by atoms with Crippen LogP contribution in [0.4, 0.5) is 0 Å². The summed E-state index contributed by atoms with van der Waals surface area (Å²) in [5.41, 5.74) is 2.49. The maximum absolute atomic E-state index is 2.49. The van der Waals surface area contributed by atoms with Gasteiger partial charge >= 0.3 is 0 Å². The minimum absolute atomic E-state index is 0.932. The Morgan fingerprint density at radius 1 is 1.18 bits per heavy atom. The van der Waals surface area contributed by atoms with Crippen LogP contribution in [-0.4, -0.2) is 31.3 Å². The zero-order valence-electron chi connectivity index (χ0n) is 8.39. The molecule has 0 spiro atoms. The Kier molecular flexibility index (Phi) is 5.23. The van der Waals surface area contributed by atoms with Gasteiger partial charge in [0.1, 0.15) is 0 Å². The van der Waals surface area contributed by atoms with E-state index in [1.165, 1.54) is 21.4 Å². The lowest BCUT2D eigenvalue weighted by Gasteiger charge is -2.14.